The molecule has 1 amide bonds. The van der Waals surface area contributed by atoms with Gasteiger partial charge < -0.3 is 9.30 Å². The van der Waals surface area contributed by atoms with Gasteiger partial charge >= 0.3 is 0 Å². The van der Waals surface area contributed by atoms with Crippen molar-refractivity contribution in [3.8, 4) is 5.75 Å². The molecule has 7 nitrogen and oxygen atoms in total. The number of hydrazone groups is 1. The van der Waals surface area contributed by atoms with Crippen LogP contribution in [0.2, 0.25) is 0 Å². The van der Waals surface area contributed by atoms with Gasteiger partial charge in [-0.2, -0.15) is 15.1 Å². The Hall–Kier alpha value is -3.65. The first-order valence-corrected chi connectivity index (χ1v) is 12.4. The Morgan fingerprint density at radius 1 is 1.17 bits per heavy atom. The molecule has 178 valence electrons. The molecule has 8 heteroatoms. The minimum atomic E-state index is -0.413. The number of amidine groups is 2. The van der Waals surface area contributed by atoms with Crippen LogP contribution in [0, 0.1) is 25.2 Å². The number of rotatable bonds is 6. The number of para-hydroxylation sites is 1. The van der Waals surface area contributed by atoms with Crippen LogP contribution in [0.1, 0.15) is 30.5 Å². The number of amides is 1. The predicted octanol–water partition coefficient (Wildman–Crippen LogP) is 5.61. The van der Waals surface area contributed by atoms with Crippen LogP contribution in [-0.4, -0.2) is 38.1 Å². The molecule has 5 rings (SSSR count). The second-order valence-corrected chi connectivity index (χ2v) is 10.0. The smallest absolute Gasteiger partial charge is 0.283 e. The second kappa shape index (κ2) is 9.19. The number of aryl methyl sites for hydroxylation is 2. The molecule has 3 heterocycles. The van der Waals surface area contributed by atoms with Gasteiger partial charge in [0.25, 0.3) is 5.91 Å². The van der Waals surface area contributed by atoms with Gasteiger partial charge in [0.2, 0.25) is 5.17 Å². The molecule has 0 atom stereocenters. The summed E-state index contributed by atoms with van der Waals surface area (Å²) >= 11 is 1.35. The Bertz CT molecular complexity index is 1450. The molecular formula is C27H27N5O2S. The summed E-state index contributed by atoms with van der Waals surface area (Å²) in [7, 11) is 0. The third-order valence-electron chi connectivity index (χ3n) is 6.00. The van der Waals surface area contributed by atoms with Crippen molar-refractivity contribution in [2.75, 3.05) is 6.61 Å². The van der Waals surface area contributed by atoms with Crippen LogP contribution in [0.4, 0.5) is 0 Å². The fourth-order valence-electron chi connectivity index (χ4n) is 4.19. The van der Waals surface area contributed by atoms with Gasteiger partial charge in [0, 0.05) is 28.6 Å². The summed E-state index contributed by atoms with van der Waals surface area (Å²) in [6.45, 7) is 9.35. The van der Waals surface area contributed by atoms with E-state index in [1.165, 1.54) is 22.3 Å². The number of hydrogen-bond acceptors (Lipinski definition) is 5. The SMILES string of the molecule is Cc1ccc(OCCn2cc(/C=C3/C(=N)N4N=C(C(C)C)SC4=NC3=O)c3ccccc32)c(C)c1. The first kappa shape index (κ1) is 23.1. The van der Waals surface area contributed by atoms with E-state index in [0.717, 1.165) is 32.8 Å². The van der Waals surface area contributed by atoms with E-state index >= 15 is 0 Å². The van der Waals surface area contributed by atoms with Crippen LogP contribution in [0.25, 0.3) is 17.0 Å². The summed E-state index contributed by atoms with van der Waals surface area (Å²) in [6.07, 6.45) is 3.76. The molecule has 0 saturated heterocycles. The number of thioether (sulfide) groups is 1. The van der Waals surface area contributed by atoms with E-state index in [-0.39, 0.29) is 17.3 Å². The largest absolute Gasteiger partial charge is 0.491 e. The molecular weight excluding hydrogens is 458 g/mol. The molecule has 1 N–H and O–H groups in total. The van der Waals surface area contributed by atoms with Gasteiger partial charge in [-0.1, -0.05) is 49.7 Å². The number of benzene rings is 2. The number of aromatic nitrogens is 1. The summed E-state index contributed by atoms with van der Waals surface area (Å²) in [5.74, 6) is 0.726. The van der Waals surface area contributed by atoms with Gasteiger partial charge in [-0.05, 0) is 49.4 Å². The summed E-state index contributed by atoms with van der Waals surface area (Å²) in [4.78, 5) is 17.0. The molecule has 0 fully saturated rings. The molecule has 2 aliphatic heterocycles. The molecule has 3 aromatic rings. The molecule has 2 aromatic carbocycles. The monoisotopic (exact) mass is 485 g/mol. The average molecular weight is 486 g/mol. The third-order valence-corrected chi connectivity index (χ3v) is 7.21. The number of carbonyl (C=O) groups is 1. The predicted molar refractivity (Wildman–Crippen MR) is 143 cm³/mol. The number of nitrogens with zero attached hydrogens (tertiary/aromatic N) is 4. The lowest BCUT2D eigenvalue weighted by Crippen LogP contribution is -2.35. The Morgan fingerprint density at radius 3 is 2.74 bits per heavy atom. The van der Waals surface area contributed by atoms with E-state index in [4.69, 9.17) is 10.1 Å². The second-order valence-electron chi connectivity index (χ2n) is 9.03. The molecule has 0 radical (unpaired) electrons. The number of ether oxygens (including phenoxy) is 1. The van der Waals surface area contributed by atoms with E-state index in [1.807, 2.05) is 44.3 Å². The van der Waals surface area contributed by atoms with Gasteiger partial charge in [0.15, 0.2) is 5.84 Å². The standard InChI is InChI=1S/C27H27N5O2S/c1-16(2)26-30-32-24(28)21(25(33)29-27(32)35-26)14-19-15-31(22-8-6-5-7-20(19)22)11-12-34-23-10-9-17(3)13-18(23)4/h5-10,13-16,28H,11-12H2,1-4H3/b21-14-,28-24?. The first-order valence-electron chi connectivity index (χ1n) is 11.6. The lowest BCUT2D eigenvalue weighted by Gasteiger charge is -2.20. The van der Waals surface area contributed by atoms with Crippen molar-refractivity contribution >= 4 is 50.7 Å². The highest BCUT2D eigenvalue weighted by molar-refractivity contribution is 8.27. The summed E-state index contributed by atoms with van der Waals surface area (Å²) in [6, 6.07) is 14.2. The van der Waals surface area contributed by atoms with Crippen molar-refractivity contribution in [1.82, 2.24) is 9.58 Å². The molecule has 0 bridgehead atoms. The van der Waals surface area contributed by atoms with Crippen LogP contribution >= 0.6 is 11.8 Å². The zero-order chi connectivity index (χ0) is 24.7. The normalized spacial score (nSPS) is 16.8. The summed E-state index contributed by atoms with van der Waals surface area (Å²) < 4.78 is 8.17. The maximum Gasteiger partial charge on any atom is 0.283 e. The number of fused-ring (bicyclic) bond motifs is 2. The zero-order valence-corrected chi connectivity index (χ0v) is 21.0. The maximum absolute atomic E-state index is 12.8. The number of aliphatic imine (C=N–C) groups is 1. The number of nitrogens with one attached hydrogen (secondary N) is 1. The highest BCUT2D eigenvalue weighted by Crippen LogP contribution is 2.32. The first-order chi connectivity index (χ1) is 16.8. The molecule has 1 aromatic heterocycles. The molecule has 0 unspecified atom stereocenters. The fraction of sp³-hybridized carbons (Fsp3) is 0.259. The van der Waals surface area contributed by atoms with Gasteiger partial charge in [0.1, 0.15) is 17.4 Å². The molecule has 0 aliphatic carbocycles. The minimum Gasteiger partial charge on any atom is -0.491 e. The van der Waals surface area contributed by atoms with Crippen molar-refractivity contribution in [2.24, 2.45) is 16.0 Å². The Balaban J connectivity index is 1.42. The van der Waals surface area contributed by atoms with Crippen LogP contribution in [0.3, 0.4) is 0 Å². The van der Waals surface area contributed by atoms with Crippen molar-refractivity contribution in [1.29, 1.82) is 5.41 Å². The van der Waals surface area contributed by atoms with Crippen molar-refractivity contribution in [2.45, 2.75) is 34.2 Å². The van der Waals surface area contributed by atoms with E-state index < -0.39 is 5.91 Å². The van der Waals surface area contributed by atoms with Crippen LogP contribution in [0.15, 0.2) is 64.3 Å². The molecule has 2 aliphatic rings. The third kappa shape index (κ3) is 4.41. The average Bonchev–Trinajstić information content (AvgIpc) is 3.40. The Morgan fingerprint density at radius 2 is 1.97 bits per heavy atom. The lowest BCUT2D eigenvalue weighted by atomic mass is 10.1. The van der Waals surface area contributed by atoms with Gasteiger partial charge in [0.05, 0.1) is 12.1 Å². The lowest BCUT2D eigenvalue weighted by molar-refractivity contribution is -0.114. The Labute approximate surface area is 208 Å². The molecule has 0 spiro atoms. The number of carbonyl (C=O) groups excluding carboxylic acids is 1. The fourth-order valence-corrected chi connectivity index (χ4v) is 5.08. The Kier molecular flexibility index (Phi) is 6.06. The highest BCUT2D eigenvalue weighted by atomic mass is 32.2. The van der Waals surface area contributed by atoms with Crippen LogP contribution in [0.5, 0.6) is 5.75 Å². The quantitative estimate of drug-likeness (QED) is 0.460. The zero-order valence-electron chi connectivity index (χ0n) is 20.2. The van der Waals surface area contributed by atoms with Gasteiger partial charge in [-0.15, -0.1) is 0 Å². The van der Waals surface area contributed by atoms with Crippen molar-refractivity contribution < 1.29 is 9.53 Å². The van der Waals surface area contributed by atoms with Gasteiger partial charge in [-0.25, -0.2) is 0 Å². The van der Waals surface area contributed by atoms with E-state index in [0.29, 0.717) is 18.3 Å². The van der Waals surface area contributed by atoms with E-state index in [1.54, 1.807) is 6.08 Å². The number of hydrogen-bond donors (Lipinski definition) is 1. The van der Waals surface area contributed by atoms with E-state index in [9.17, 15) is 4.79 Å². The van der Waals surface area contributed by atoms with E-state index in [2.05, 4.69) is 46.7 Å². The summed E-state index contributed by atoms with van der Waals surface area (Å²) in [5.41, 5.74) is 4.46. The highest BCUT2D eigenvalue weighted by Gasteiger charge is 2.36. The van der Waals surface area contributed by atoms with Crippen molar-refractivity contribution in [3.63, 3.8) is 0 Å². The van der Waals surface area contributed by atoms with Crippen LogP contribution < -0.4 is 4.74 Å². The molecule has 35 heavy (non-hydrogen) atoms. The summed E-state index contributed by atoms with van der Waals surface area (Å²) in [5, 5.41) is 16.9. The minimum absolute atomic E-state index is 0.0539. The molecule has 0 saturated carbocycles. The van der Waals surface area contributed by atoms with Crippen LogP contribution in [-0.2, 0) is 11.3 Å². The van der Waals surface area contributed by atoms with Crippen molar-refractivity contribution in [3.05, 3.63) is 70.9 Å². The topological polar surface area (TPSA) is 83.0 Å². The van der Waals surface area contributed by atoms with Gasteiger partial charge in [-0.3, -0.25) is 10.2 Å². The maximum atomic E-state index is 12.8.